The van der Waals surface area contributed by atoms with Crippen molar-refractivity contribution in [3.05, 3.63) is 64.7 Å². The van der Waals surface area contributed by atoms with Gasteiger partial charge in [0.25, 0.3) is 0 Å². The number of aldehydes is 1. The molecule has 2 heteroatoms. The molecular weight excluding hydrogens is 344 g/mol. The zero-order chi connectivity index (χ0) is 19.5. The fraction of sp³-hybridized carbons (Fsp3) is 0.500. The summed E-state index contributed by atoms with van der Waals surface area (Å²) in [5.74, 6) is 2.65. The maximum atomic E-state index is 11.9. The summed E-state index contributed by atoms with van der Waals surface area (Å²) in [6, 6.07) is 14.6. The molecule has 4 bridgehead atoms. The highest BCUT2D eigenvalue weighted by Gasteiger charge is 2.52. The Labute approximate surface area is 168 Å². The number of carbonyl (C=O) groups is 1. The highest BCUT2D eigenvalue weighted by Crippen LogP contribution is 2.62. The van der Waals surface area contributed by atoms with E-state index in [-0.39, 0.29) is 16.6 Å². The van der Waals surface area contributed by atoms with Gasteiger partial charge in [0.2, 0.25) is 0 Å². The largest absolute Gasteiger partial charge is 0.507 e. The van der Waals surface area contributed by atoms with Gasteiger partial charge >= 0.3 is 0 Å². The van der Waals surface area contributed by atoms with Crippen LogP contribution in [0.4, 0.5) is 0 Å². The van der Waals surface area contributed by atoms with Gasteiger partial charge in [-0.25, -0.2) is 0 Å². The molecule has 1 N–H and O–H groups in total. The molecule has 4 aliphatic rings. The molecule has 0 heterocycles. The van der Waals surface area contributed by atoms with Crippen molar-refractivity contribution in [3.8, 4) is 5.75 Å². The molecule has 0 radical (unpaired) electrons. The molecule has 4 saturated carbocycles. The van der Waals surface area contributed by atoms with E-state index in [1.807, 2.05) is 12.1 Å². The smallest absolute Gasteiger partial charge is 0.153 e. The summed E-state index contributed by atoms with van der Waals surface area (Å²) in [6.07, 6.45) is 8.49. The van der Waals surface area contributed by atoms with E-state index < -0.39 is 0 Å². The van der Waals surface area contributed by atoms with Crippen LogP contribution in [0.15, 0.2) is 42.5 Å². The molecule has 0 amide bonds. The van der Waals surface area contributed by atoms with Gasteiger partial charge in [-0.05, 0) is 78.9 Å². The average Bonchev–Trinajstić information content (AvgIpc) is 2.67. The average molecular weight is 375 g/mol. The van der Waals surface area contributed by atoms with Crippen LogP contribution in [-0.2, 0) is 10.8 Å². The zero-order valence-corrected chi connectivity index (χ0v) is 16.9. The van der Waals surface area contributed by atoms with Gasteiger partial charge in [0.1, 0.15) is 5.75 Å². The number of carbonyl (C=O) groups excluding carboxylic acids is 1. The van der Waals surface area contributed by atoms with E-state index in [1.54, 1.807) is 0 Å². The normalized spacial score (nSPS) is 31.1. The third kappa shape index (κ3) is 2.64. The van der Waals surface area contributed by atoms with Gasteiger partial charge in [0.15, 0.2) is 6.29 Å². The van der Waals surface area contributed by atoms with Crippen molar-refractivity contribution in [2.75, 3.05) is 0 Å². The van der Waals surface area contributed by atoms with Gasteiger partial charge in [-0.2, -0.15) is 0 Å². The highest BCUT2D eigenvalue weighted by molar-refractivity contribution is 5.81. The number of phenolic OH excluding ortho intramolecular Hbond substituents is 1. The van der Waals surface area contributed by atoms with Crippen LogP contribution in [0.3, 0.4) is 0 Å². The number of hydrogen-bond donors (Lipinski definition) is 1. The minimum atomic E-state index is -0.218. The number of rotatable bonds is 4. The molecule has 0 saturated heterocycles. The number of phenols is 1. The monoisotopic (exact) mass is 374 g/mol. The second-order valence-corrected chi connectivity index (χ2v) is 10.3. The number of aromatic hydroxyl groups is 1. The van der Waals surface area contributed by atoms with Crippen LogP contribution in [0.25, 0.3) is 0 Å². The predicted octanol–water partition coefficient (Wildman–Crippen LogP) is 6.00. The summed E-state index contributed by atoms with van der Waals surface area (Å²) in [5, 5.41) is 11.1. The Morgan fingerprint density at radius 3 is 2.04 bits per heavy atom. The molecule has 2 aromatic carbocycles. The predicted molar refractivity (Wildman–Crippen MR) is 112 cm³/mol. The van der Waals surface area contributed by atoms with Crippen LogP contribution < -0.4 is 0 Å². The number of benzene rings is 2. The fourth-order valence-electron chi connectivity index (χ4n) is 6.97. The van der Waals surface area contributed by atoms with Crippen molar-refractivity contribution in [1.29, 1.82) is 0 Å². The molecule has 146 valence electrons. The summed E-state index contributed by atoms with van der Waals surface area (Å²) in [6.45, 7) is 4.43. The quantitative estimate of drug-likeness (QED) is 0.667. The van der Waals surface area contributed by atoms with Crippen molar-refractivity contribution in [3.63, 3.8) is 0 Å². The minimum absolute atomic E-state index is 0.0688. The van der Waals surface area contributed by atoms with E-state index in [2.05, 4.69) is 44.2 Å². The molecule has 2 aromatic rings. The molecule has 0 atom stereocenters. The first-order chi connectivity index (χ1) is 13.4. The van der Waals surface area contributed by atoms with E-state index >= 15 is 0 Å². The summed E-state index contributed by atoms with van der Waals surface area (Å²) in [5.41, 5.74) is 3.71. The molecule has 0 spiro atoms. The van der Waals surface area contributed by atoms with Crippen molar-refractivity contribution in [2.24, 2.45) is 17.8 Å². The van der Waals surface area contributed by atoms with Crippen molar-refractivity contribution >= 4 is 6.29 Å². The van der Waals surface area contributed by atoms with Gasteiger partial charge in [-0.1, -0.05) is 50.2 Å². The lowest BCUT2D eigenvalue weighted by Crippen LogP contribution is -2.48. The summed E-state index contributed by atoms with van der Waals surface area (Å²) in [7, 11) is 0. The van der Waals surface area contributed by atoms with Gasteiger partial charge < -0.3 is 5.11 Å². The fourth-order valence-corrected chi connectivity index (χ4v) is 6.97. The first-order valence-corrected chi connectivity index (χ1v) is 10.8. The third-order valence-electron chi connectivity index (χ3n) is 8.09. The highest BCUT2D eigenvalue weighted by atomic mass is 16.3. The molecule has 0 aliphatic heterocycles. The maximum absolute atomic E-state index is 11.9. The minimum Gasteiger partial charge on any atom is -0.507 e. The van der Waals surface area contributed by atoms with Gasteiger partial charge in [-0.15, -0.1) is 0 Å². The van der Waals surface area contributed by atoms with Crippen molar-refractivity contribution in [1.82, 2.24) is 0 Å². The topological polar surface area (TPSA) is 37.3 Å². The van der Waals surface area contributed by atoms with Crippen LogP contribution in [0.5, 0.6) is 5.75 Å². The second kappa shape index (κ2) is 6.20. The molecule has 4 aliphatic carbocycles. The summed E-state index contributed by atoms with van der Waals surface area (Å²) < 4.78 is 0. The molecular formula is C26H30O2. The second-order valence-electron chi connectivity index (χ2n) is 10.3. The lowest BCUT2D eigenvalue weighted by Gasteiger charge is -2.57. The SMILES string of the molecule is CC(C)(c1ccccc1)c1cc(C=O)c(O)c(C23CC4CC(CC(C4)C2)C3)c1. The molecule has 0 aromatic heterocycles. The summed E-state index contributed by atoms with van der Waals surface area (Å²) in [4.78, 5) is 11.9. The van der Waals surface area contributed by atoms with Crippen LogP contribution >= 0.6 is 0 Å². The maximum Gasteiger partial charge on any atom is 0.153 e. The van der Waals surface area contributed by atoms with Crippen molar-refractivity contribution in [2.45, 2.75) is 63.2 Å². The third-order valence-corrected chi connectivity index (χ3v) is 8.09. The Kier molecular flexibility index (Phi) is 3.98. The Morgan fingerprint density at radius 2 is 1.50 bits per heavy atom. The molecule has 2 nitrogen and oxygen atoms in total. The van der Waals surface area contributed by atoms with E-state index in [0.29, 0.717) is 5.56 Å². The van der Waals surface area contributed by atoms with E-state index in [0.717, 1.165) is 35.2 Å². The molecule has 6 rings (SSSR count). The van der Waals surface area contributed by atoms with Crippen molar-refractivity contribution < 1.29 is 9.90 Å². The first-order valence-electron chi connectivity index (χ1n) is 10.8. The number of hydrogen-bond acceptors (Lipinski definition) is 2. The van der Waals surface area contributed by atoms with E-state index in [1.165, 1.54) is 44.1 Å². The zero-order valence-electron chi connectivity index (χ0n) is 16.9. The van der Waals surface area contributed by atoms with Crippen LogP contribution in [0.1, 0.15) is 79.4 Å². The molecule has 4 fully saturated rings. The molecule has 28 heavy (non-hydrogen) atoms. The van der Waals surface area contributed by atoms with E-state index in [4.69, 9.17) is 0 Å². The standard InChI is InChI=1S/C26H30O2/c1-25(2,21-6-4-3-5-7-21)22-11-20(16-27)24(28)23(12-22)26-13-17-8-18(14-26)10-19(9-17)15-26/h3-7,11-12,16-19,28H,8-10,13-15H2,1-2H3. The van der Waals surface area contributed by atoms with Crippen LogP contribution in [0, 0.1) is 17.8 Å². The van der Waals surface area contributed by atoms with Gasteiger partial charge in [0.05, 0.1) is 5.56 Å². The lowest BCUT2D eigenvalue weighted by atomic mass is 9.47. The van der Waals surface area contributed by atoms with Gasteiger partial charge in [-0.3, -0.25) is 4.79 Å². The lowest BCUT2D eigenvalue weighted by molar-refractivity contribution is -0.00620. The van der Waals surface area contributed by atoms with Crippen LogP contribution in [-0.4, -0.2) is 11.4 Å². The molecule has 0 unspecified atom stereocenters. The van der Waals surface area contributed by atoms with Gasteiger partial charge in [0, 0.05) is 11.0 Å². The Balaban J connectivity index is 1.65. The summed E-state index contributed by atoms with van der Waals surface area (Å²) >= 11 is 0. The first kappa shape index (κ1) is 18.0. The Hall–Kier alpha value is -2.09. The Bertz CT molecular complexity index is 874. The Morgan fingerprint density at radius 1 is 0.929 bits per heavy atom. The van der Waals surface area contributed by atoms with Crippen LogP contribution in [0.2, 0.25) is 0 Å². The van der Waals surface area contributed by atoms with E-state index in [9.17, 15) is 9.90 Å².